The lowest BCUT2D eigenvalue weighted by molar-refractivity contribution is 0.0997. The van der Waals surface area contributed by atoms with Crippen LogP contribution in [0.3, 0.4) is 0 Å². The Hall–Kier alpha value is -3.18. The van der Waals surface area contributed by atoms with E-state index in [0.717, 1.165) is 39.2 Å². The first-order valence-electron chi connectivity index (χ1n) is 10.5. The predicted molar refractivity (Wildman–Crippen MR) is 129 cm³/mol. The zero-order chi connectivity index (χ0) is 22.0. The van der Waals surface area contributed by atoms with Gasteiger partial charge in [0.1, 0.15) is 10.6 Å². The van der Waals surface area contributed by atoms with Gasteiger partial charge in [0.15, 0.2) is 5.78 Å². The van der Waals surface area contributed by atoms with Gasteiger partial charge in [-0.3, -0.25) is 4.79 Å². The molecule has 31 heavy (non-hydrogen) atoms. The Morgan fingerprint density at radius 2 is 1.90 bits per heavy atom. The Morgan fingerprint density at radius 3 is 2.61 bits per heavy atom. The zero-order valence-corrected chi connectivity index (χ0v) is 18.8. The summed E-state index contributed by atoms with van der Waals surface area (Å²) in [6.07, 6.45) is 1.43. The maximum absolute atomic E-state index is 13.0. The molecule has 4 nitrogen and oxygen atoms in total. The van der Waals surface area contributed by atoms with Crippen LogP contribution in [0, 0.1) is 0 Å². The monoisotopic (exact) mass is 430 g/mol. The number of hydrogen-bond acceptors (Lipinski definition) is 5. The molecule has 0 fully saturated rings. The fourth-order valence-corrected chi connectivity index (χ4v) is 4.64. The summed E-state index contributed by atoms with van der Waals surface area (Å²) in [4.78, 5) is 19.1. The molecule has 4 aromatic rings. The molecule has 1 atom stereocenters. The molecular weight excluding hydrogens is 404 g/mol. The van der Waals surface area contributed by atoms with E-state index >= 15 is 0 Å². The van der Waals surface area contributed by atoms with Crippen LogP contribution in [0.1, 0.15) is 47.0 Å². The second-order valence-electron chi connectivity index (χ2n) is 7.78. The maximum Gasteiger partial charge on any atom is 0.179 e. The predicted octanol–water partition coefficient (Wildman–Crippen LogP) is 6.49. The highest BCUT2D eigenvalue weighted by molar-refractivity contribution is 7.21. The third kappa shape index (κ3) is 4.32. The standard InChI is InChI=1S/C26H26N2O2S/c1-4-16(2)18-10-8-17(9-11-18)14-23(29)25-24(27)21-12-13-22(28-26(21)31-25)19-6-5-7-20(15-19)30-3/h5-13,15-16H,4,14,27H2,1-3H3. The highest BCUT2D eigenvalue weighted by Gasteiger charge is 2.18. The molecule has 0 saturated heterocycles. The smallest absolute Gasteiger partial charge is 0.179 e. The number of ketones is 1. The number of benzene rings is 2. The van der Waals surface area contributed by atoms with Crippen molar-refractivity contribution in [1.82, 2.24) is 4.98 Å². The maximum atomic E-state index is 13.0. The number of nitrogen functional groups attached to an aromatic ring is 1. The van der Waals surface area contributed by atoms with Crippen molar-refractivity contribution in [2.45, 2.75) is 32.6 Å². The number of rotatable bonds is 7. The highest BCUT2D eigenvalue weighted by Crippen LogP contribution is 2.35. The van der Waals surface area contributed by atoms with Crippen LogP contribution in [0.5, 0.6) is 5.75 Å². The van der Waals surface area contributed by atoms with E-state index in [1.165, 1.54) is 16.9 Å². The normalized spacial score (nSPS) is 12.1. The summed E-state index contributed by atoms with van der Waals surface area (Å²) < 4.78 is 5.31. The molecule has 1 unspecified atom stereocenters. The largest absolute Gasteiger partial charge is 0.497 e. The molecule has 2 aromatic heterocycles. The number of nitrogens with zero attached hydrogens (tertiary/aromatic N) is 1. The van der Waals surface area contributed by atoms with Crippen molar-refractivity contribution < 1.29 is 9.53 Å². The van der Waals surface area contributed by atoms with E-state index in [4.69, 9.17) is 15.5 Å². The van der Waals surface area contributed by atoms with Gasteiger partial charge in [-0.2, -0.15) is 0 Å². The molecule has 0 saturated carbocycles. The van der Waals surface area contributed by atoms with Crippen molar-refractivity contribution in [1.29, 1.82) is 0 Å². The molecule has 2 N–H and O–H groups in total. The summed E-state index contributed by atoms with van der Waals surface area (Å²) in [6, 6.07) is 20.0. The first kappa shape index (κ1) is 21.1. The van der Waals surface area contributed by atoms with Crippen LogP contribution in [-0.2, 0) is 6.42 Å². The quantitative estimate of drug-likeness (QED) is 0.340. The number of carbonyl (C=O) groups excluding carboxylic acids is 1. The third-order valence-electron chi connectivity index (χ3n) is 5.74. The summed E-state index contributed by atoms with van der Waals surface area (Å²) in [7, 11) is 1.64. The number of carbonyl (C=O) groups is 1. The van der Waals surface area contributed by atoms with Gasteiger partial charge < -0.3 is 10.5 Å². The van der Waals surface area contributed by atoms with Crippen LogP contribution in [0.25, 0.3) is 21.5 Å². The lowest BCUT2D eigenvalue weighted by Crippen LogP contribution is -2.04. The first-order valence-corrected chi connectivity index (χ1v) is 11.3. The molecular formula is C26H26N2O2S. The van der Waals surface area contributed by atoms with E-state index in [1.807, 2.05) is 48.5 Å². The average molecular weight is 431 g/mol. The topological polar surface area (TPSA) is 65.2 Å². The van der Waals surface area contributed by atoms with Crippen LogP contribution in [-0.4, -0.2) is 17.9 Å². The molecule has 2 heterocycles. The van der Waals surface area contributed by atoms with Gasteiger partial charge in [-0.15, -0.1) is 11.3 Å². The zero-order valence-electron chi connectivity index (χ0n) is 18.0. The first-order chi connectivity index (χ1) is 15.0. The van der Waals surface area contributed by atoms with Crippen molar-refractivity contribution in [3.05, 3.63) is 76.7 Å². The number of pyridine rings is 1. The number of ether oxygens (including phenoxy) is 1. The van der Waals surface area contributed by atoms with E-state index in [0.29, 0.717) is 22.9 Å². The Morgan fingerprint density at radius 1 is 1.13 bits per heavy atom. The summed E-state index contributed by atoms with van der Waals surface area (Å²) in [5.74, 6) is 1.33. The van der Waals surface area contributed by atoms with Crippen LogP contribution >= 0.6 is 11.3 Å². The minimum atomic E-state index is 0.0275. The summed E-state index contributed by atoms with van der Waals surface area (Å²) in [6.45, 7) is 4.39. The highest BCUT2D eigenvalue weighted by atomic mass is 32.1. The minimum absolute atomic E-state index is 0.0275. The molecule has 0 aliphatic heterocycles. The summed E-state index contributed by atoms with van der Waals surface area (Å²) >= 11 is 1.36. The van der Waals surface area contributed by atoms with Crippen molar-refractivity contribution in [3.63, 3.8) is 0 Å². The third-order valence-corrected chi connectivity index (χ3v) is 6.89. The average Bonchev–Trinajstić information content (AvgIpc) is 3.15. The lowest BCUT2D eigenvalue weighted by Gasteiger charge is -2.09. The van der Waals surface area contributed by atoms with Crippen molar-refractivity contribution in [2.75, 3.05) is 12.8 Å². The number of aromatic nitrogens is 1. The van der Waals surface area contributed by atoms with Crippen LogP contribution in [0.2, 0.25) is 0 Å². The van der Waals surface area contributed by atoms with Gasteiger partial charge >= 0.3 is 0 Å². The van der Waals surface area contributed by atoms with Crippen LogP contribution < -0.4 is 10.5 Å². The number of Topliss-reactive ketones (excluding diaryl/α,β-unsaturated/α-hetero) is 1. The number of nitrogens with two attached hydrogens (primary N) is 1. The molecule has 2 aromatic carbocycles. The van der Waals surface area contributed by atoms with Crippen molar-refractivity contribution in [2.24, 2.45) is 0 Å². The fourth-order valence-electron chi connectivity index (χ4n) is 3.61. The van der Waals surface area contributed by atoms with Gasteiger partial charge in [-0.05, 0) is 47.7 Å². The van der Waals surface area contributed by atoms with Crippen LogP contribution in [0.4, 0.5) is 5.69 Å². The van der Waals surface area contributed by atoms with Crippen molar-refractivity contribution in [3.8, 4) is 17.0 Å². The number of anilines is 1. The molecule has 4 rings (SSSR count). The number of fused-ring (bicyclic) bond motifs is 1. The summed E-state index contributed by atoms with van der Waals surface area (Å²) in [5, 5.41) is 0.826. The summed E-state index contributed by atoms with van der Waals surface area (Å²) in [5.41, 5.74) is 10.9. The SMILES string of the molecule is CCC(C)c1ccc(CC(=O)c2sc3nc(-c4cccc(OC)c4)ccc3c2N)cc1. The molecule has 158 valence electrons. The Balaban J connectivity index is 1.60. The molecule has 0 spiro atoms. The van der Waals surface area contributed by atoms with E-state index in [1.54, 1.807) is 7.11 Å². The van der Waals surface area contributed by atoms with E-state index in [-0.39, 0.29) is 5.78 Å². The van der Waals surface area contributed by atoms with Gasteiger partial charge in [-0.1, -0.05) is 50.2 Å². The fraction of sp³-hybridized carbons (Fsp3) is 0.231. The molecule has 0 bridgehead atoms. The van der Waals surface area contributed by atoms with Crippen LogP contribution in [0.15, 0.2) is 60.7 Å². The van der Waals surface area contributed by atoms with Gasteiger partial charge in [0.25, 0.3) is 0 Å². The van der Waals surface area contributed by atoms with Gasteiger partial charge in [0.2, 0.25) is 0 Å². The molecule has 0 radical (unpaired) electrons. The Labute approximate surface area is 186 Å². The molecule has 0 aliphatic carbocycles. The number of hydrogen-bond donors (Lipinski definition) is 1. The van der Waals surface area contributed by atoms with Gasteiger partial charge in [0, 0.05) is 17.4 Å². The van der Waals surface area contributed by atoms with Crippen molar-refractivity contribution >= 4 is 33.0 Å². The molecule has 0 amide bonds. The second kappa shape index (κ2) is 8.90. The Kier molecular flexibility index (Phi) is 6.05. The van der Waals surface area contributed by atoms with Gasteiger partial charge in [-0.25, -0.2) is 4.98 Å². The molecule has 0 aliphatic rings. The van der Waals surface area contributed by atoms with Gasteiger partial charge in [0.05, 0.1) is 23.4 Å². The van der Waals surface area contributed by atoms with E-state index in [2.05, 4.69) is 26.0 Å². The van der Waals surface area contributed by atoms with E-state index < -0.39 is 0 Å². The number of methoxy groups -OCH3 is 1. The second-order valence-corrected chi connectivity index (χ2v) is 8.78. The Bertz CT molecular complexity index is 1230. The minimum Gasteiger partial charge on any atom is -0.497 e. The lowest BCUT2D eigenvalue weighted by atomic mass is 9.96. The van der Waals surface area contributed by atoms with E-state index in [9.17, 15) is 4.79 Å². The number of thiophene rings is 1. The molecule has 5 heteroatoms.